The van der Waals surface area contributed by atoms with Crippen LogP contribution in [0.1, 0.15) is 158 Å². The molecule has 418 valence electrons. The maximum atomic E-state index is 5.84. The van der Waals surface area contributed by atoms with Gasteiger partial charge in [0.05, 0.1) is 11.4 Å². The zero-order valence-electron chi connectivity index (χ0n) is 52.6. The molecular weight excluding hydrogens is 1000 g/mol. The van der Waals surface area contributed by atoms with Crippen molar-refractivity contribution in [2.45, 2.75) is 157 Å². The van der Waals surface area contributed by atoms with Crippen LogP contribution in [0.15, 0.2) is 176 Å². The molecule has 0 amide bonds. The Labute approximate surface area is 496 Å². The van der Waals surface area contributed by atoms with Crippen molar-refractivity contribution in [1.29, 1.82) is 0 Å². The van der Waals surface area contributed by atoms with E-state index in [1.54, 1.807) is 0 Å². The molecule has 2 aliphatic heterocycles. The molecule has 4 nitrogen and oxygen atoms in total. The van der Waals surface area contributed by atoms with Crippen LogP contribution < -0.4 is 26.2 Å². The van der Waals surface area contributed by atoms with E-state index in [2.05, 4.69) is 310 Å². The average molecular weight is 1090 g/mol. The van der Waals surface area contributed by atoms with Gasteiger partial charge in [-0.1, -0.05) is 222 Å². The molecule has 5 heteroatoms. The second-order valence-electron chi connectivity index (χ2n) is 30.2. The zero-order chi connectivity index (χ0) is 59.1. The van der Waals surface area contributed by atoms with Crippen molar-refractivity contribution in [3.05, 3.63) is 209 Å². The van der Waals surface area contributed by atoms with E-state index in [9.17, 15) is 0 Å². The van der Waals surface area contributed by atoms with Gasteiger partial charge in [-0.25, -0.2) is 9.97 Å². The first kappa shape index (κ1) is 55.8. The first-order chi connectivity index (χ1) is 38.9. The van der Waals surface area contributed by atoms with Gasteiger partial charge in [0.25, 0.3) is 6.71 Å². The number of benzene rings is 9. The predicted octanol–water partition coefficient (Wildman–Crippen LogP) is 19.7. The molecule has 0 radical (unpaired) electrons. The van der Waals surface area contributed by atoms with Gasteiger partial charge in [0.15, 0.2) is 5.82 Å². The van der Waals surface area contributed by atoms with Crippen LogP contribution in [0, 0.1) is 0 Å². The smallest absolute Gasteiger partial charge is 0.252 e. The minimum Gasteiger partial charge on any atom is -0.311 e. The van der Waals surface area contributed by atoms with Gasteiger partial charge in [0.2, 0.25) is 0 Å². The number of hydrogen-bond donors (Lipinski definition) is 0. The van der Waals surface area contributed by atoms with E-state index in [0.717, 1.165) is 50.8 Å². The van der Waals surface area contributed by atoms with Crippen LogP contribution in [0.2, 0.25) is 0 Å². The van der Waals surface area contributed by atoms with Crippen molar-refractivity contribution in [2.24, 2.45) is 0 Å². The summed E-state index contributed by atoms with van der Waals surface area (Å²) in [4.78, 5) is 16.8. The van der Waals surface area contributed by atoms with Gasteiger partial charge in [-0.3, -0.25) is 0 Å². The summed E-state index contributed by atoms with van der Waals surface area (Å²) >= 11 is 0. The van der Waals surface area contributed by atoms with Gasteiger partial charge in [0.1, 0.15) is 0 Å². The van der Waals surface area contributed by atoms with Crippen LogP contribution in [0.25, 0.3) is 55.4 Å². The molecule has 0 unspecified atom stereocenters. The summed E-state index contributed by atoms with van der Waals surface area (Å²) in [6.45, 7) is 41.5. The van der Waals surface area contributed by atoms with Crippen LogP contribution >= 0.6 is 0 Å². The van der Waals surface area contributed by atoms with Gasteiger partial charge in [-0.15, -0.1) is 0 Å². The highest BCUT2D eigenvalue weighted by molar-refractivity contribution is 7.00. The van der Waals surface area contributed by atoms with Gasteiger partial charge in [-0.05, 0) is 183 Å². The summed E-state index contributed by atoms with van der Waals surface area (Å²) in [5.41, 5.74) is 22.9. The molecule has 0 bridgehead atoms. The van der Waals surface area contributed by atoms with Crippen molar-refractivity contribution in [3.8, 4) is 33.9 Å². The molecule has 1 aromatic heterocycles. The van der Waals surface area contributed by atoms with Crippen molar-refractivity contribution in [3.63, 3.8) is 0 Å². The lowest BCUT2D eigenvalue weighted by Gasteiger charge is -2.44. The normalized spacial score (nSPS) is 13.8. The van der Waals surface area contributed by atoms with Crippen molar-refractivity contribution in [2.75, 3.05) is 9.80 Å². The SMILES string of the molecule is CC(C)(C)c1ccc(N2c3cc4ccccc4cc3B3c4cc5ccccc5cc4N(c4ccc(C(C)(C)C)cc4)c4cc(-c5nc(-c6cc(C(C)(C)C)cc(C(C)(C)C)c6)cc(-c6cc(C(C)(C)C)cc(C(C)(C)C)c6)n5)cc2c43)cc1. The molecule has 12 rings (SSSR count). The molecule has 0 spiro atoms. The van der Waals surface area contributed by atoms with E-state index >= 15 is 0 Å². The molecule has 83 heavy (non-hydrogen) atoms. The Kier molecular flexibility index (Phi) is 13.0. The Hall–Kier alpha value is -7.76. The van der Waals surface area contributed by atoms with E-state index in [4.69, 9.17) is 9.97 Å². The quantitative estimate of drug-likeness (QED) is 0.161. The third kappa shape index (κ3) is 10.3. The van der Waals surface area contributed by atoms with E-state index in [0.29, 0.717) is 5.82 Å². The standard InChI is InChI=1S/C78H83BN4/c1-73(2,3)55-27-31-61(32-28-55)82-67-41-50-25-21-19-23-48(50)39-63(67)79-64-40-49-24-20-22-26-51(49)42-68(64)83(62-33-29-56(30-34-62)74(4,5)6)70-44-54(43-69(82)71(70)79)72-80-65(52-35-57(75(7,8)9)45-58(36-52)76(10,11)12)47-66(81-72)53-37-59(77(13,14)15)46-60(38-53)78(16,17)18/h19-47H,1-18H3. The minimum absolute atomic E-state index is 0.0195. The molecule has 0 saturated carbocycles. The molecule has 10 aromatic rings. The second-order valence-corrected chi connectivity index (χ2v) is 30.2. The first-order valence-electron chi connectivity index (χ1n) is 30.2. The topological polar surface area (TPSA) is 32.3 Å². The summed E-state index contributed by atoms with van der Waals surface area (Å²) < 4.78 is 0. The number of rotatable bonds is 5. The molecule has 0 aliphatic carbocycles. The highest BCUT2D eigenvalue weighted by Gasteiger charge is 2.44. The predicted molar refractivity (Wildman–Crippen MR) is 360 cm³/mol. The lowest BCUT2D eigenvalue weighted by Crippen LogP contribution is -2.61. The fourth-order valence-corrected chi connectivity index (χ4v) is 12.4. The maximum absolute atomic E-state index is 5.84. The van der Waals surface area contributed by atoms with Crippen LogP contribution in [0.5, 0.6) is 0 Å². The van der Waals surface area contributed by atoms with E-state index in [1.165, 1.54) is 82.7 Å². The molecule has 3 heterocycles. The Balaban J connectivity index is 1.23. The molecular formula is C78H83BN4. The van der Waals surface area contributed by atoms with Crippen LogP contribution in [0.3, 0.4) is 0 Å². The largest absolute Gasteiger partial charge is 0.311 e. The number of anilines is 6. The summed E-state index contributed by atoms with van der Waals surface area (Å²) in [5.74, 6) is 0.685. The Morgan fingerprint density at radius 3 is 0.916 bits per heavy atom. The lowest BCUT2D eigenvalue weighted by molar-refractivity contribution is 0.568. The van der Waals surface area contributed by atoms with Crippen molar-refractivity contribution >= 4 is 78.8 Å². The van der Waals surface area contributed by atoms with E-state index in [-0.39, 0.29) is 39.2 Å². The molecule has 0 saturated heterocycles. The fourth-order valence-electron chi connectivity index (χ4n) is 12.4. The minimum atomic E-state index is -0.0989. The second kappa shape index (κ2) is 19.4. The van der Waals surface area contributed by atoms with Gasteiger partial charge < -0.3 is 9.80 Å². The third-order valence-electron chi connectivity index (χ3n) is 17.7. The Morgan fingerprint density at radius 2 is 0.602 bits per heavy atom. The fraction of sp³-hybridized carbons (Fsp3) is 0.308. The molecule has 9 aromatic carbocycles. The number of hydrogen-bond acceptors (Lipinski definition) is 4. The highest BCUT2D eigenvalue weighted by atomic mass is 15.2. The molecule has 0 N–H and O–H groups in total. The number of nitrogens with zero attached hydrogens (tertiary/aromatic N) is 4. The summed E-state index contributed by atoms with van der Waals surface area (Å²) in [6.07, 6.45) is 0. The third-order valence-corrected chi connectivity index (χ3v) is 17.7. The summed E-state index contributed by atoms with van der Waals surface area (Å²) in [7, 11) is 0. The van der Waals surface area contributed by atoms with Crippen LogP contribution in [-0.2, 0) is 32.5 Å². The Morgan fingerprint density at radius 1 is 0.289 bits per heavy atom. The van der Waals surface area contributed by atoms with Crippen molar-refractivity contribution in [1.82, 2.24) is 9.97 Å². The summed E-state index contributed by atoms with van der Waals surface area (Å²) in [5, 5.41) is 4.87. The lowest BCUT2D eigenvalue weighted by atomic mass is 9.33. The Bertz CT molecular complexity index is 3870. The van der Waals surface area contributed by atoms with Gasteiger partial charge in [0, 0.05) is 50.8 Å². The van der Waals surface area contributed by atoms with Gasteiger partial charge in [-0.2, -0.15) is 0 Å². The first-order valence-corrected chi connectivity index (χ1v) is 30.2. The van der Waals surface area contributed by atoms with E-state index in [1.807, 2.05) is 0 Å². The number of aromatic nitrogens is 2. The highest BCUT2D eigenvalue weighted by Crippen LogP contribution is 2.48. The van der Waals surface area contributed by atoms with Crippen LogP contribution in [-0.4, -0.2) is 16.7 Å². The average Bonchev–Trinajstić information content (AvgIpc) is 2.11. The van der Waals surface area contributed by atoms with Gasteiger partial charge >= 0.3 is 0 Å². The monoisotopic (exact) mass is 1090 g/mol. The van der Waals surface area contributed by atoms with Crippen molar-refractivity contribution < 1.29 is 0 Å². The maximum Gasteiger partial charge on any atom is 0.252 e. The number of fused-ring (bicyclic) bond motifs is 6. The zero-order valence-corrected chi connectivity index (χ0v) is 52.6. The summed E-state index contributed by atoms with van der Waals surface area (Å²) in [6, 6.07) is 67.7. The molecule has 0 fully saturated rings. The van der Waals surface area contributed by atoms with Crippen LogP contribution in [0.4, 0.5) is 34.1 Å². The molecule has 0 atom stereocenters. The molecule has 2 aliphatic rings. The van der Waals surface area contributed by atoms with E-state index < -0.39 is 0 Å².